The van der Waals surface area contributed by atoms with Crippen LogP contribution in [0.25, 0.3) is 0 Å². The highest BCUT2D eigenvalue weighted by Crippen LogP contribution is 2.19. The van der Waals surface area contributed by atoms with Crippen molar-refractivity contribution in [1.29, 1.82) is 0 Å². The molecule has 5 nitrogen and oxygen atoms in total. The van der Waals surface area contributed by atoms with E-state index < -0.39 is 10.0 Å². The molecular formula is C14H15ClN2O3S2. The zero-order valence-corrected chi connectivity index (χ0v) is 14.2. The van der Waals surface area contributed by atoms with Crippen LogP contribution in [0.15, 0.2) is 36.4 Å². The zero-order valence-electron chi connectivity index (χ0n) is 11.8. The second-order valence-corrected chi connectivity index (χ2v) is 8.08. The fourth-order valence-corrected chi connectivity index (χ4v) is 3.22. The third-order valence-electron chi connectivity index (χ3n) is 2.72. The van der Waals surface area contributed by atoms with Crippen molar-refractivity contribution in [1.82, 2.24) is 4.72 Å². The van der Waals surface area contributed by atoms with Crippen LogP contribution in [-0.2, 0) is 16.4 Å². The van der Waals surface area contributed by atoms with Crippen LogP contribution in [0, 0.1) is 0 Å². The van der Waals surface area contributed by atoms with Crippen LogP contribution in [0.4, 0.5) is 5.69 Å². The van der Waals surface area contributed by atoms with Crippen LogP contribution in [0.3, 0.4) is 0 Å². The van der Waals surface area contributed by atoms with Gasteiger partial charge < -0.3 is 5.32 Å². The smallest absolute Gasteiger partial charge is 0.265 e. The first kappa shape index (κ1) is 17.0. The number of hydrogen-bond donors (Lipinski definition) is 2. The van der Waals surface area contributed by atoms with Gasteiger partial charge in [0.15, 0.2) is 0 Å². The molecule has 2 N–H and O–H groups in total. The standard InChI is InChI=1S/C14H15ClN2O3S2/c1-22(19,20)16-9-8-12-6-7-13(21-12)14(18)17-11-4-2-10(15)3-5-11/h2-7,16H,8-9H2,1H3,(H,17,18). The Morgan fingerprint density at radius 1 is 1.18 bits per heavy atom. The molecule has 2 rings (SSSR count). The molecule has 0 saturated heterocycles. The van der Waals surface area contributed by atoms with E-state index in [4.69, 9.17) is 11.6 Å². The van der Waals surface area contributed by atoms with Crippen molar-refractivity contribution in [2.45, 2.75) is 6.42 Å². The van der Waals surface area contributed by atoms with Crippen molar-refractivity contribution in [2.24, 2.45) is 0 Å². The maximum absolute atomic E-state index is 12.1. The summed E-state index contributed by atoms with van der Waals surface area (Å²) in [6, 6.07) is 10.4. The minimum Gasteiger partial charge on any atom is -0.321 e. The van der Waals surface area contributed by atoms with Gasteiger partial charge in [0, 0.05) is 22.1 Å². The highest BCUT2D eigenvalue weighted by atomic mass is 35.5. The Morgan fingerprint density at radius 3 is 2.50 bits per heavy atom. The lowest BCUT2D eigenvalue weighted by Gasteiger charge is -2.03. The van der Waals surface area contributed by atoms with E-state index in [1.165, 1.54) is 11.3 Å². The number of hydrogen-bond acceptors (Lipinski definition) is 4. The maximum atomic E-state index is 12.1. The van der Waals surface area contributed by atoms with E-state index in [9.17, 15) is 13.2 Å². The monoisotopic (exact) mass is 358 g/mol. The summed E-state index contributed by atoms with van der Waals surface area (Å²) in [5, 5.41) is 3.39. The summed E-state index contributed by atoms with van der Waals surface area (Å²) in [5.41, 5.74) is 0.670. The first-order valence-corrected chi connectivity index (χ1v) is 9.52. The summed E-state index contributed by atoms with van der Waals surface area (Å²) in [6.45, 7) is 0.317. The minimum atomic E-state index is -3.18. The molecule has 1 amide bonds. The van der Waals surface area contributed by atoms with Crippen LogP contribution in [-0.4, -0.2) is 27.1 Å². The van der Waals surface area contributed by atoms with E-state index in [2.05, 4.69) is 10.0 Å². The Hall–Kier alpha value is -1.41. The average molecular weight is 359 g/mol. The maximum Gasteiger partial charge on any atom is 0.265 e. The first-order chi connectivity index (χ1) is 10.3. The number of anilines is 1. The molecule has 0 aliphatic carbocycles. The quantitative estimate of drug-likeness (QED) is 0.833. The van der Waals surface area contributed by atoms with Crippen LogP contribution < -0.4 is 10.0 Å². The number of nitrogens with one attached hydrogen (secondary N) is 2. The van der Waals surface area contributed by atoms with Gasteiger partial charge in [-0.25, -0.2) is 13.1 Å². The summed E-state index contributed by atoms with van der Waals surface area (Å²) < 4.78 is 24.4. The average Bonchev–Trinajstić information content (AvgIpc) is 2.89. The Labute approximate surface area is 138 Å². The summed E-state index contributed by atoms with van der Waals surface area (Å²) in [6.07, 6.45) is 1.67. The van der Waals surface area contributed by atoms with E-state index in [-0.39, 0.29) is 5.91 Å². The summed E-state index contributed by atoms with van der Waals surface area (Å²) in [5.74, 6) is -0.199. The van der Waals surface area contributed by atoms with Gasteiger partial charge in [0.25, 0.3) is 5.91 Å². The lowest BCUT2D eigenvalue weighted by atomic mass is 10.3. The molecule has 0 aliphatic heterocycles. The third kappa shape index (κ3) is 5.42. The Bertz CT molecular complexity index is 755. The van der Waals surface area contributed by atoms with Crippen molar-refractivity contribution >= 4 is 44.6 Å². The predicted molar refractivity (Wildman–Crippen MR) is 90.3 cm³/mol. The number of amides is 1. The van der Waals surface area contributed by atoms with Gasteiger partial charge in [-0.1, -0.05) is 11.6 Å². The normalized spacial score (nSPS) is 11.4. The SMILES string of the molecule is CS(=O)(=O)NCCc1ccc(C(=O)Nc2ccc(Cl)cc2)s1. The van der Waals surface area contributed by atoms with Gasteiger partial charge in [0.2, 0.25) is 10.0 Å². The van der Waals surface area contributed by atoms with E-state index in [0.29, 0.717) is 28.6 Å². The third-order valence-corrected chi connectivity index (χ3v) is 4.85. The van der Waals surface area contributed by atoms with Gasteiger partial charge in [-0.15, -0.1) is 11.3 Å². The van der Waals surface area contributed by atoms with Crippen molar-refractivity contribution in [3.8, 4) is 0 Å². The molecular weight excluding hydrogens is 344 g/mol. The summed E-state index contributed by atoms with van der Waals surface area (Å²) >= 11 is 7.13. The fourth-order valence-electron chi connectivity index (χ4n) is 1.72. The molecule has 1 aromatic heterocycles. The Kier molecular flexibility index (Phi) is 5.57. The van der Waals surface area contributed by atoms with E-state index in [0.717, 1.165) is 11.1 Å². The second-order valence-electron chi connectivity index (χ2n) is 4.64. The van der Waals surface area contributed by atoms with Crippen molar-refractivity contribution in [3.63, 3.8) is 0 Å². The van der Waals surface area contributed by atoms with Gasteiger partial charge in [-0.05, 0) is 42.8 Å². The largest absolute Gasteiger partial charge is 0.321 e. The molecule has 1 heterocycles. The van der Waals surface area contributed by atoms with Crippen molar-refractivity contribution in [2.75, 3.05) is 18.1 Å². The molecule has 0 bridgehead atoms. The Morgan fingerprint density at radius 2 is 1.86 bits per heavy atom. The number of benzene rings is 1. The number of rotatable bonds is 6. The molecule has 8 heteroatoms. The molecule has 0 unspecified atom stereocenters. The van der Waals surface area contributed by atoms with E-state index >= 15 is 0 Å². The molecule has 22 heavy (non-hydrogen) atoms. The lowest BCUT2D eigenvalue weighted by molar-refractivity contribution is 0.103. The highest BCUT2D eigenvalue weighted by Gasteiger charge is 2.10. The summed E-state index contributed by atoms with van der Waals surface area (Å²) in [7, 11) is -3.18. The van der Waals surface area contributed by atoms with Gasteiger partial charge >= 0.3 is 0 Å². The fraction of sp³-hybridized carbons (Fsp3) is 0.214. The van der Waals surface area contributed by atoms with Gasteiger partial charge in [-0.2, -0.15) is 0 Å². The molecule has 0 spiro atoms. The molecule has 0 saturated carbocycles. The topological polar surface area (TPSA) is 75.3 Å². The molecule has 0 radical (unpaired) electrons. The number of sulfonamides is 1. The molecule has 0 aliphatic rings. The first-order valence-electron chi connectivity index (χ1n) is 6.44. The summed E-state index contributed by atoms with van der Waals surface area (Å²) in [4.78, 5) is 13.6. The van der Waals surface area contributed by atoms with Crippen LogP contribution >= 0.6 is 22.9 Å². The van der Waals surface area contributed by atoms with Crippen molar-refractivity contribution < 1.29 is 13.2 Å². The minimum absolute atomic E-state index is 0.199. The highest BCUT2D eigenvalue weighted by molar-refractivity contribution is 7.88. The van der Waals surface area contributed by atoms with Gasteiger partial charge in [0.1, 0.15) is 0 Å². The lowest BCUT2D eigenvalue weighted by Crippen LogP contribution is -2.24. The van der Waals surface area contributed by atoms with Crippen LogP contribution in [0.1, 0.15) is 14.5 Å². The molecule has 2 aromatic rings. The van der Waals surface area contributed by atoms with E-state index in [1.807, 2.05) is 6.07 Å². The number of carbonyl (C=O) groups is 1. The number of thiophene rings is 1. The number of carbonyl (C=O) groups excluding carboxylic acids is 1. The van der Waals surface area contributed by atoms with Crippen LogP contribution in [0.5, 0.6) is 0 Å². The van der Waals surface area contributed by atoms with Gasteiger partial charge in [-0.3, -0.25) is 4.79 Å². The van der Waals surface area contributed by atoms with Crippen LogP contribution in [0.2, 0.25) is 5.02 Å². The van der Waals surface area contributed by atoms with Crippen molar-refractivity contribution in [3.05, 3.63) is 51.2 Å². The van der Waals surface area contributed by atoms with E-state index in [1.54, 1.807) is 30.3 Å². The zero-order chi connectivity index (χ0) is 16.2. The predicted octanol–water partition coefficient (Wildman–Crippen LogP) is 2.75. The Balaban J connectivity index is 1.92. The molecule has 118 valence electrons. The second kappa shape index (κ2) is 7.23. The molecule has 1 aromatic carbocycles. The molecule has 0 atom stereocenters. The van der Waals surface area contributed by atoms with Gasteiger partial charge in [0.05, 0.1) is 11.1 Å². The molecule has 0 fully saturated rings. The number of halogens is 1.